The van der Waals surface area contributed by atoms with Crippen LogP contribution in [0.4, 0.5) is 4.79 Å². The molecule has 0 aromatic carbocycles. The molecule has 3 rings (SSSR count). The fourth-order valence-electron chi connectivity index (χ4n) is 3.44. The molecule has 2 saturated heterocycles. The Bertz CT molecular complexity index is 492. The van der Waals surface area contributed by atoms with Gasteiger partial charge in [-0.25, -0.2) is 9.78 Å². The summed E-state index contributed by atoms with van der Waals surface area (Å²) in [6.45, 7) is 2.10. The Balaban J connectivity index is 1.67. The number of hydrogen-bond donors (Lipinski definition) is 1. The van der Waals surface area contributed by atoms with Crippen molar-refractivity contribution in [1.29, 1.82) is 0 Å². The van der Waals surface area contributed by atoms with Gasteiger partial charge in [-0.2, -0.15) is 0 Å². The Morgan fingerprint density at radius 3 is 2.75 bits per heavy atom. The summed E-state index contributed by atoms with van der Waals surface area (Å²) in [6, 6.07) is 4.20. The van der Waals surface area contributed by atoms with E-state index < -0.39 is 6.09 Å². The minimum Gasteiger partial charge on any atom is -0.474 e. The maximum absolute atomic E-state index is 11.2. The number of pyridine rings is 1. The lowest BCUT2D eigenvalue weighted by Crippen LogP contribution is -2.48. The predicted octanol–water partition coefficient (Wildman–Crippen LogP) is 2.70. The van der Waals surface area contributed by atoms with Gasteiger partial charge in [0.15, 0.2) is 0 Å². The van der Waals surface area contributed by atoms with Crippen molar-refractivity contribution in [3.8, 4) is 5.88 Å². The molecule has 2 atom stereocenters. The Kier molecular flexibility index (Phi) is 3.51. The van der Waals surface area contributed by atoms with E-state index in [0.29, 0.717) is 5.88 Å². The highest BCUT2D eigenvalue weighted by molar-refractivity contribution is 5.66. The van der Waals surface area contributed by atoms with Gasteiger partial charge in [0, 0.05) is 37.2 Å². The molecule has 1 aromatic heterocycles. The van der Waals surface area contributed by atoms with Gasteiger partial charge in [-0.15, -0.1) is 0 Å². The molecular weight excluding hydrogens is 256 g/mol. The molecule has 2 unspecified atom stereocenters. The van der Waals surface area contributed by atoms with E-state index in [9.17, 15) is 9.90 Å². The number of rotatable bonds is 3. The van der Waals surface area contributed by atoms with E-state index in [1.807, 2.05) is 12.1 Å². The summed E-state index contributed by atoms with van der Waals surface area (Å²) in [5.41, 5.74) is 1.21. The highest BCUT2D eigenvalue weighted by Gasteiger charge is 2.44. The molecule has 0 radical (unpaired) electrons. The van der Waals surface area contributed by atoms with Gasteiger partial charge in [0.25, 0.3) is 0 Å². The topological polar surface area (TPSA) is 62.7 Å². The zero-order chi connectivity index (χ0) is 14.1. The maximum atomic E-state index is 11.2. The van der Waals surface area contributed by atoms with Crippen molar-refractivity contribution in [2.75, 3.05) is 0 Å². The van der Waals surface area contributed by atoms with E-state index in [1.165, 1.54) is 5.56 Å². The SMILES string of the molecule is CCc1ccnc(OC2CC3CCC(C2)N3C(=O)O)c1. The molecular formula is C15H20N2O3. The largest absolute Gasteiger partial charge is 0.474 e. The van der Waals surface area contributed by atoms with Crippen LogP contribution in [0.25, 0.3) is 0 Å². The van der Waals surface area contributed by atoms with E-state index in [0.717, 1.165) is 32.1 Å². The van der Waals surface area contributed by atoms with Gasteiger partial charge < -0.3 is 14.7 Å². The van der Waals surface area contributed by atoms with Gasteiger partial charge in [0.05, 0.1) is 0 Å². The highest BCUT2D eigenvalue weighted by Crippen LogP contribution is 2.37. The van der Waals surface area contributed by atoms with Gasteiger partial charge >= 0.3 is 6.09 Å². The van der Waals surface area contributed by atoms with E-state index in [4.69, 9.17) is 4.74 Å². The third-order valence-electron chi connectivity index (χ3n) is 4.41. The second kappa shape index (κ2) is 5.31. The first kappa shape index (κ1) is 13.2. The number of piperidine rings is 1. The summed E-state index contributed by atoms with van der Waals surface area (Å²) in [7, 11) is 0. The van der Waals surface area contributed by atoms with Crippen LogP contribution in [-0.4, -0.2) is 39.3 Å². The Hall–Kier alpha value is -1.78. The van der Waals surface area contributed by atoms with Gasteiger partial charge in [-0.3, -0.25) is 0 Å². The molecule has 2 fully saturated rings. The molecule has 1 amide bonds. The number of hydrogen-bond acceptors (Lipinski definition) is 3. The quantitative estimate of drug-likeness (QED) is 0.922. The lowest BCUT2D eigenvalue weighted by molar-refractivity contribution is 0.0476. The van der Waals surface area contributed by atoms with Crippen LogP contribution in [0, 0.1) is 0 Å². The molecule has 3 heterocycles. The summed E-state index contributed by atoms with van der Waals surface area (Å²) in [5, 5.41) is 9.24. The van der Waals surface area contributed by atoms with Gasteiger partial charge in [-0.1, -0.05) is 6.92 Å². The summed E-state index contributed by atoms with van der Waals surface area (Å²) in [6.07, 6.45) is 5.50. The molecule has 5 heteroatoms. The first-order valence-electron chi connectivity index (χ1n) is 7.30. The van der Waals surface area contributed by atoms with Crippen LogP contribution < -0.4 is 4.74 Å². The Morgan fingerprint density at radius 1 is 1.45 bits per heavy atom. The van der Waals surface area contributed by atoms with Crippen molar-refractivity contribution in [1.82, 2.24) is 9.88 Å². The first-order valence-corrected chi connectivity index (χ1v) is 7.30. The number of fused-ring (bicyclic) bond motifs is 2. The number of amides is 1. The van der Waals surface area contributed by atoms with Crippen molar-refractivity contribution in [3.05, 3.63) is 23.9 Å². The Morgan fingerprint density at radius 2 is 2.15 bits per heavy atom. The lowest BCUT2D eigenvalue weighted by atomic mass is 10.0. The fraction of sp³-hybridized carbons (Fsp3) is 0.600. The standard InChI is InChI=1S/C15H20N2O3/c1-2-10-5-6-16-14(7-10)20-13-8-11-3-4-12(9-13)17(11)15(18)19/h5-7,11-13H,2-4,8-9H2,1H3,(H,18,19). The van der Waals surface area contributed by atoms with Crippen molar-refractivity contribution in [2.24, 2.45) is 0 Å². The molecule has 1 aromatic rings. The van der Waals surface area contributed by atoms with Gasteiger partial charge in [0.2, 0.25) is 5.88 Å². The highest BCUT2D eigenvalue weighted by atomic mass is 16.5. The third kappa shape index (κ3) is 2.44. The van der Waals surface area contributed by atoms with Crippen LogP contribution in [0.5, 0.6) is 5.88 Å². The average molecular weight is 276 g/mol. The molecule has 0 spiro atoms. The molecule has 5 nitrogen and oxygen atoms in total. The van der Waals surface area contributed by atoms with Crippen LogP contribution in [0.15, 0.2) is 18.3 Å². The minimum absolute atomic E-state index is 0.0858. The van der Waals surface area contributed by atoms with Crippen LogP contribution in [0.3, 0.4) is 0 Å². The number of carboxylic acid groups (broad SMARTS) is 1. The monoisotopic (exact) mass is 276 g/mol. The first-order chi connectivity index (χ1) is 9.67. The predicted molar refractivity (Wildman–Crippen MR) is 73.9 cm³/mol. The summed E-state index contributed by atoms with van der Waals surface area (Å²) in [4.78, 5) is 17.1. The van der Waals surface area contributed by atoms with Crippen molar-refractivity contribution in [3.63, 3.8) is 0 Å². The molecule has 2 aliphatic heterocycles. The number of aromatic nitrogens is 1. The van der Waals surface area contributed by atoms with Gasteiger partial charge in [0.1, 0.15) is 6.10 Å². The molecule has 1 N–H and O–H groups in total. The second-order valence-electron chi connectivity index (χ2n) is 5.64. The number of ether oxygens (including phenoxy) is 1. The summed E-state index contributed by atoms with van der Waals surface area (Å²) >= 11 is 0. The summed E-state index contributed by atoms with van der Waals surface area (Å²) in [5.74, 6) is 0.664. The second-order valence-corrected chi connectivity index (χ2v) is 5.64. The van der Waals surface area contributed by atoms with Crippen molar-refractivity contribution >= 4 is 6.09 Å². The van der Waals surface area contributed by atoms with Crippen molar-refractivity contribution < 1.29 is 14.6 Å². The van der Waals surface area contributed by atoms with Gasteiger partial charge in [-0.05, 0) is 30.9 Å². The molecule has 0 aliphatic carbocycles. The van der Waals surface area contributed by atoms with Crippen LogP contribution >= 0.6 is 0 Å². The van der Waals surface area contributed by atoms with Crippen LogP contribution in [-0.2, 0) is 6.42 Å². The van der Waals surface area contributed by atoms with E-state index in [-0.39, 0.29) is 18.2 Å². The Labute approximate surface area is 118 Å². The number of aryl methyl sites for hydroxylation is 1. The number of nitrogens with zero attached hydrogens (tertiary/aromatic N) is 2. The molecule has 2 bridgehead atoms. The molecule has 2 aliphatic rings. The molecule has 0 saturated carbocycles. The molecule has 108 valence electrons. The van der Waals surface area contributed by atoms with E-state index in [2.05, 4.69) is 11.9 Å². The summed E-state index contributed by atoms with van der Waals surface area (Å²) < 4.78 is 5.98. The molecule has 20 heavy (non-hydrogen) atoms. The smallest absolute Gasteiger partial charge is 0.407 e. The van der Waals surface area contributed by atoms with Crippen molar-refractivity contribution in [2.45, 2.75) is 57.2 Å². The normalized spacial score (nSPS) is 28.4. The minimum atomic E-state index is -0.790. The van der Waals surface area contributed by atoms with E-state index in [1.54, 1.807) is 11.1 Å². The van der Waals surface area contributed by atoms with Crippen LogP contribution in [0.1, 0.15) is 38.2 Å². The lowest BCUT2D eigenvalue weighted by Gasteiger charge is -2.36. The van der Waals surface area contributed by atoms with Crippen LogP contribution in [0.2, 0.25) is 0 Å². The number of carbonyl (C=O) groups is 1. The fourth-order valence-corrected chi connectivity index (χ4v) is 3.44. The third-order valence-corrected chi connectivity index (χ3v) is 4.41. The maximum Gasteiger partial charge on any atom is 0.407 e. The zero-order valence-corrected chi connectivity index (χ0v) is 11.7. The van der Waals surface area contributed by atoms with E-state index >= 15 is 0 Å². The zero-order valence-electron chi connectivity index (χ0n) is 11.7. The average Bonchev–Trinajstić information content (AvgIpc) is 2.71.